The minimum absolute atomic E-state index is 0.0123. The van der Waals surface area contributed by atoms with Crippen LogP contribution in [0.4, 0.5) is 9.18 Å². The van der Waals surface area contributed by atoms with Gasteiger partial charge in [-0.1, -0.05) is 60.7 Å². The molecular formula is C30H27FN2O3. The smallest absolute Gasteiger partial charge is 0.410 e. The lowest BCUT2D eigenvalue weighted by molar-refractivity contribution is -0.0551. The van der Waals surface area contributed by atoms with Gasteiger partial charge in [0.25, 0.3) is 0 Å². The van der Waals surface area contributed by atoms with E-state index >= 15 is 0 Å². The van der Waals surface area contributed by atoms with Crippen LogP contribution in [0, 0.1) is 17.1 Å². The molecule has 2 atom stereocenters. The van der Waals surface area contributed by atoms with Crippen molar-refractivity contribution < 1.29 is 19.0 Å². The Morgan fingerprint density at radius 3 is 2.22 bits per heavy atom. The fourth-order valence-electron chi connectivity index (χ4n) is 6.55. The van der Waals surface area contributed by atoms with Crippen LogP contribution in [0.3, 0.4) is 0 Å². The van der Waals surface area contributed by atoms with Gasteiger partial charge in [-0.25, -0.2) is 9.18 Å². The summed E-state index contributed by atoms with van der Waals surface area (Å²) in [5.41, 5.74) is 4.17. The average molecular weight is 483 g/mol. The molecule has 2 bridgehead atoms. The fourth-order valence-corrected chi connectivity index (χ4v) is 6.55. The van der Waals surface area contributed by atoms with Gasteiger partial charge in [-0.05, 0) is 46.7 Å². The van der Waals surface area contributed by atoms with E-state index < -0.39 is 11.4 Å². The van der Waals surface area contributed by atoms with E-state index in [9.17, 15) is 14.3 Å². The van der Waals surface area contributed by atoms with Crippen molar-refractivity contribution in [2.75, 3.05) is 6.61 Å². The Bertz CT molecular complexity index is 1320. The molecule has 2 fully saturated rings. The zero-order valence-corrected chi connectivity index (χ0v) is 19.9. The van der Waals surface area contributed by atoms with E-state index in [2.05, 4.69) is 24.3 Å². The van der Waals surface area contributed by atoms with Crippen molar-refractivity contribution >= 4 is 6.09 Å². The van der Waals surface area contributed by atoms with Gasteiger partial charge in [-0.2, -0.15) is 5.26 Å². The predicted molar refractivity (Wildman–Crippen MR) is 133 cm³/mol. The number of carbonyl (C=O) groups excluding carboxylic acids is 1. The molecule has 5 nitrogen and oxygen atoms in total. The molecule has 6 heteroatoms. The highest BCUT2D eigenvalue weighted by Gasteiger charge is 2.51. The number of hydrogen-bond donors (Lipinski definition) is 1. The van der Waals surface area contributed by atoms with E-state index in [0.717, 1.165) is 24.0 Å². The lowest BCUT2D eigenvalue weighted by atomic mass is 9.80. The summed E-state index contributed by atoms with van der Waals surface area (Å²) in [5.74, 6) is -0.513. The van der Waals surface area contributed by atoms with Gasteiger partial charge in [0.15, 0.2) is 0 Å². The quantitative estimate of drug-likeness (QED) is 0.521. The number of nitrogens with zero attached hydrogens (tertiary/aromatic N) is 2. The first-order valence-corrected chi connectivity index (χ1v) is 12.5. The number of amides is 1. The number of piperidine rings is 1. The fraction of sp³-hybridized carbons (Fsp3) is 0.333. The van der Waals surface area contributed by atoms with Crippen molar-refractivity contribution in [2.24, 2.45) is 0 Å². The van der Waals surface area contributed by atoms with Gasteiger partial charge in [0.2, 0.25) is 0 Å². The van der Waals surface area contributed by atoms with Gasteiger partial charge in [-0.3, -0.25) is 0 Å². The summed E-state index contributed by atoms with van der Waals surface area (Å²) in [6.07, 6.45) is 1.80. The third-order valence-electron chi connectivity index (χ3n) is 8.13. The van der Waals surface area contributed by atoms with Crippen molar-refractivity contribution in [2.45, 2.75) is 55.7 Å². The second-order valence-electron chi connectivity index (χ2n) is 10.2. The van der Waals surface area contributed by atoms with Crippen molar-refractivity contribution in [3.8, 4) is 17.2 Å². The molecule has 1 aliphatic carbocycles. The lowest BCUT2D eigenvalue weighted by Gasteiger charge is -2.43. The Morgan fingerprint density at radius 1 is 1.03 bits per heavy atom. The average Bonchev–Trinajstić information content (AvgIpc) is 3.35. The molecule has 2 saturated heterocycles. The minimum atomic E-state index is -1.35. The van der Waals surface area contributed by atoms with Crippen molar-refractivity contribution in [1.82, 2.24) is 4.90 Å². The Morgan fingerprint density at radius 2 is 1.64 bits per heavy atom. The second kappa shape index (κ2) is 8.76. The summed E-state index contributed by atoms with van der Waals surface area (Å²) in [5, 5.41) is 20.3. The number of benzene rings is 3. The van der Waals surface area contributed by atoms with Gasteiger partial charge in [0.05, 0.1) is 18.1 Å². The van der Waals surface area contributed by atoms with Crippen LogP contribution >= 0.6 is 0 Å². The zero-order valence-electron chi connectivity index (χ0n) is 19.9. The highest BCUT2D eigenvalue weighted by Crippen LogP contribution is 2.48. The molecule has 0 saturated carbocycles. The van der Waals surface area contributed by atoms with E-state index in [1.165, 1.54) is 17.2 Å². The van der Waals surface area contributed by atoms with Crippen LogP contribution in [0.15, 0.2) is 66.7 Å². The summed E-state index contributed by atoms with van der Waals surface area (Å²) >= 11 is 0. The third kappa shape index (κ3) is 3.66. The van der Waals surface area contributed by atoms with Crippen LogP contribution < -0.4 is 0 Å². The second-order valence-corrected chi connectivity index (χ2v) is 10.2. The van der Waals surface area contributed by atoms with Gasteiger partial charge in [-0.15, -0.1) is 0 Å². The van der Waals surface area contributed by atoms with Crippen molar-refractivity contribution in [3.63, 3.8) is 0 Å². The third-order valence-corrected chi connectivity index (χ3v) is 8.13. The molecule has 182 valence electrons. The topological polar surface area (TPSA) is 73.6 Å². The number of halogens is 1. The molecular weight excluding hydrogens is 455 g/mol. The number of hydrogen-bond acceptors (Lipinski definition) is 4. The molecule has 2 unspecified atom stereocenters. The Labute approximate surface area is 209 Å². The molecule has 0 radical (unpaired) electrons. The molecule has 0 spiro atoms. The maximum atomic E-state index is 14.9. The largest absolute Gasteiger partial charge is 0.448 e. The van der Waals surface area contributed by atoms with Gasteiger partial charge in [0, 0.05) is 36.4 Å². The number of nitriles is 1. The summed E-state index contributed by atoms with van der Waals surface area (Å²) in [6.45, 7) is 0.252. The van der Waals surface area contributed by atoms with Crippen LogP contribution in [0.1, 0.15) is 53.9 Å². The molecule has 1 amide bonds. The van der Waals surface area contributed by atoms with Crippen LogP contribution in [-0.4, -0.2) is 34.8 Å². The normalized spacial score (nSPS) is 24.2. The number of rotatable bonds is 4. The number of ether oxygens (including phenoxy) is 1. The molecule has 6 rings (SSSR count). The first-order valence-electron chi connectivity index (χ1n) is 12.5. The number of aliphatic hydroxyl groups is 1. The maximum Gasteiger partial charge on any atom is 0.410 e. The van der Waals surface area contributed by atoms with Gasteiger partial charge in [0.1, 0.15) is 12.4 Å². The molecule has 2 heterocycles. The van der Waals surface area contributed by atoms with Gasteiger partial charge >= 0.3 is 6.09 Å². The highest BCUT2D eigenvalue weighted by molar-refractivity contribution is 5.79. The maximum absolute atomic E-state index is 14.9. The highest BCUT2D eigenvalue weighted by atomic mass is 19.1. The lowest BCUT2D eigenvalue weighted by Crippen LogP contribution is -2.52. The Hall–Kier alpha value is -3.69. The van der Waals surface area contributed by atoms with E-state index in [1.807, 2.05) is 30.3 Å². The monoisotopic (exact) mass is 482 g/mol. The molecule has 0 aromatic heterocycles. The van der Waals surface area contributed by atoms with E-state index in [4.69, 9.17) is 10.00 Å². The molecule has 1 N–H and O–H groups in total. The van der Waals surface area contributed by atoms with Crippen LogP contribution in [0.25, 0.3) is 11.1 Å². The van der Waals surface area contributed by atoms with Crippen LogP contribution in [0.5, 0.6) is 0 Å². The summed E-state index contributed by atoms with van der Waals surface area (Å²) < 4.78 is 20.8. The summed E-state index contributed by atoms with van der Waals surface area (Å²) in [4.78, 5) is 15.1. The molecule has 3 aliphatic rings. The predicted octanol–water partition coefficient (Wildman–Crippen LogP) is 5.66. The SMILES string of the molecule is N#CCc1ccc(C2(O)CC3CCC(C2)N3C(=O)OCC2c3ccccc3-c3ccccc32)c(F)c1. The summed E-state index contributed by atoms with van der Waals surface area (Å²) in [6, 6.07) is 22.7. The van der Waals surface area contributed by atoms with Crippen molar-refractivity contribution in [3.05, 3.63) is 94.8 Å². The molecule has 3 aromatic rings. The zero-order chi connectivity index (χ0) is 24.9. The van der Waals surface area contributed by atoms with Crippen molar-refractivity contribution in [1.29, 1.82) is 5.26 Å². The van der Waals surface area contributed by atoms with E-state index in [1.54, 1.807) is 17.0 Å². The van der Waals surface area contributed by atoms with E-state index in [0.29, 0.717) is 5.56 Å². The molecule has 2 aliphatic heterocycles. The first kappa shape index (κ1) is 22.8. The van der Waals surface area contributed by atoms with Gasteiger partial charge < -0.3 is 14.7 Å². The Kier molecular flexibility index (Phi) is 5.54. The number of carbonyl (C=O) groups is 1. The molecule has 3 aromatic carbocycles. The minimum Gasteiger partial charge on any atom is -0.448 e. The van der Waals surface area contributed by atoms with Crippen LogP contribution in [0.2, 0.25) is 0 Å². The molecule has 36 heavy (non-hydrogen) atoms. The number of fused-ring (bicyclic) bond motifs is 5. The summed E-state index contributed by atoms with van der Waals surface area (Å²) in [7, 11) is 0. The van der Waals surface area contributed by atoms with Crippen LogP contribution in [-0.2, 0) is 16.8 Å². The standard InChI is InChI=1S/C30H27FN2O3/c31-28-15-19(13-14-32)9-12-27(28)30(35)16-20-10-11-21(17-30)33(20)29(34)36-18-26-24-7-3-1-5-22(24)23-6-2-4-8-25(23)26/h1-9,12,15,20-21,26,35H,10-11,13,16-18H2. The first-order chi connectivity index (χ1) is 17.5. The Balaban J connectivity index is 1.18. The van der Waals surface area contributed by atoms with E-state index in [-0.39, 0.29) is 55.5 Å².